The van der Waals surface area contributed by atoms with Crippen molar-refractivity contribution in [1.82, 2.24) is 0 Å². The first-order valence-corrected chi connectivity index (χ1v) is 6.26. The number of hydrogen-bond donors (Lipinski definition) is 3. The van der Waals surface area contributed by atoms with Gasteiger partial charge in [0, 0.05) is 35.3 Å². The fourth-order valence-electron chi connectivity index (χ4n) is 2.35. The van der Waals surface area contributed by atoms with Crippen LogP contribution in [0.5, 0.6) is 0 Å². The molecule has 112 valence electrons. The van der Waals surface area contributed by atoms with E-state index in [2.05, 4.69) is 5.32 Å². The summed E-state index contributed by atoms with van der Waals surface area (Å²) in [6, 6.07) is 4.46. The van der Waals surface area contributed by atoms with Gasteiger partial charge in [-0.25, -0.2) is 0 Å². The maximum Gasteiger partial charge on any atom is 0.269 e. The SMILES string of the molecule is C.CC(C)(CO)C1CC(N)c2cc([N+](=O)[O-])ccc2N1. The molecule has 0 saturated heterocycles. The Morgan fingerprint density at radius 2 is 2.20 bits per heavy atom. The number of rotatable bonds is 3. The molecule has 1 aliphatic heterocycles. The normalized spacial score (nSPS) is 21.4. The molecule has 2 atom stereocenters. The number of nitro benzene ring substituents is 1. The van der Waals surface area contributed by atoms with Gasteiger partial charge in [-0.1, -0.05) is 21.3 Å². The molecule has 6 heteroatoms. The number of aliphatic hydroxyl groups is 1. The largest absolute Gasteiger partial charge is 0.396 e. The number of nitrogens with two attached hydrogens (primary N) is 1. The maximum atomic E-state index is 10.8. The molecule has 0 radical (unpaired) electrons. The molecule has 0 aromatic heterocycles. The summed E-state index contributed by atoms with van der Waals surface area (Å²) in [6.45, 7) is 3.99. The number of aliphatic hydroxyl groups excluding tert-OH is 1. The van der Waals surface area contributed by atoms with Crippen molar-refractivity contribution in [2.24, 2.45) is 11.1 Å². The van der Waals surface area contributed by atoms with E-state index in [1.807, 2.05) is 13.8 Å². The van der Waals surface area contributed by atoms with Crippen molar-refractivity contribution in [2.75, 3.05) is 11.9 Å². The van der Waals surface area contributed by atoms with Crippen LogP contribution in [0.2, 0.25) is 0 Å². The number of hydrogen-bond acceptors (Lipinski definition) is 5. The minimum absolute atomic E-state index is 0. The number of nitrogens with one attached hydrogen (secondary N) is 1. The quantitative estimate of drug-likeness (QED) is 0.583. The van der Waals surface area contributed by atoms with Crippen LogP contribution in [0.3, 0.4) is 0 Å². The van der Waals surface area contributed by atoms with Crippen molar-refractivity contribution in [3.05, 3.63) is 33.9 Å². The molecular formula is C14H23N3O3. The van der Waals surface area contributed by atoms with Crippen molar-refractivity contribution in [3.8, 4) is 0 Å². The Morgan fingerprint density at radius 3 is 2.75 bits per heavy atom. The van der Waals surface area contributed by atoms with Crippen LogP contribution in [0.15, 0.2) is 18.2 Å². The van der Waals surface area contributed by atoms with Crippen molar-refractivity contribution in [3.63, 3.8) is 0 Å². The summed E-state index contributed by atoms with van der Waals surface area (Å²) < 4.78 is 0. The van der Waals surface area contributed by atoms with E-state index in [1.54, 1.807) is 6.07 Å². The van der Waals surface area contributed by atoms with Crippen LogP contribution < -0.4 is 11.1 Å². The fraction of sp³-hybridized carbons (Fsp3) is 0.571. The van der Waals surface area contributed by atoms with Crippen LogP contribution >= 0.6 is 0 Å². The Kier molecular flexibility index (Phi) is 4.73. The number of nitro groups is 1. The molecule has 1 aromatic rings. The summed E-state index contributed by atoms with van der Waals surface area (Å²) in [7, 11) is 0. The molecule has 0 aliphatic carbocycles. The number of anilines is 1. The first-order chi connectivity index (χ1) is 8.85. The Labute approximate surface area is 119 Å². The minimum atomic E-state index is -0.420. The van der Waals surface area contributed by atoms with E-state index in [-0.39, 0.29) is 37.2 Å². The average molecular weight is 281 g/mol. The van der Waals surface area contributed by atoms with Gasteiger partial charge in [0.05, 0.1) is 11.5 Å². The van der Waals surface area contributed by atoms with Gasteiger partial charge in [0.25, 0.3) is 5.69 Å². The van der Waals surface area contributed by atoms with Crippen molar-refractivity contribution >= 4 is 11.4 Å². The van der Waals surface area contributed by atoms with Gasteiger partial charge in [0.15, 0.2) is 0 Å². The van der Waals surface area contributed by atoms with Crippen molar-refractivity contribution < 1.29 is 10.0 Å². The zero-order valence-electron chi connectivity index (χ0n) is 11.1. The van der Waals surface area contributed by atoms with Crippen LogP contribution in [-0.2, 0) is 0 Å². The lowest BCUT2D eigenvalue weighted by molar-refractivity contribution is -0.384. The molecule has 0 saturated carbocycles. The van der Waals surface area contributed by atoms with Crippen LogP contribution in [0, 0.1) is 15.5 Å². The molecule has 0 amide bonds. The van der Waals surface area contributed by atoms with Crippen LogP contribution in [0.4, 0.5) is 11.4 Å². The van der Waals surface area contributed by atoms with E-state index in [0.717, 1.165) is 11.3 Å². The predicted octanol–water partition coefficient (Wildman–Crippen LogP) is 2.43. The second kappa shape index (κ2) is 5.76. The summed E-state index contributed by atoms with van der Waals surface area (Å²) in [5.41, 5.74) is 7.45. The fourth-order valence-corrected chi connectivity index (χ4v) is 2.35. The molecule has 2 rings (SSSR count). The van der Waals surface area contributed by atoms with E-state index >= 15 is 0 Å². The molecule has 6 nitrogen and oxygen atoms in total. The third-order valence-electron chi connectivity index (χ3n) is 3.82. The van der Waals surface area contributed by atoms with Crippen LogP contribution in [0.1, 0.15) is 39.3 Å². The third-order valence-corrected chi connectivity index (χ3v) is 3.82. The van der Waals surface area contributed by atoms with Gasteiger partial charge in [0.2, 0.25) is 0 Å². The standard InChI is InChI=1S/C13H19N3O3.CH4/c1-13(2,7-17)12-6-10(14)9-5-8(16(18)19)3-4-11(9)15-12;/h3-5,10,12,15,17H,6-7,14H2,1-2H3;1H4. The Hall–Kier alpha value is -1.66. The third kappa shape index (κ3) is 2.91. The number of non-ortho nitro benzene ring substituents is 1. The van der Waals surface area contributed by atoms with Gasteiger partial charge in [-0.3, -0.25) is 10.1 Å². The second-order valence-electron chi connectivity index (χ2n) is 5.71. The number of benzene rings is 1. The minimum Gasteiger partial charge on any atom is -0.396 e. The Balaban J connectivity index is 0.00000200. The van der Waals surface area contributed by atoms with Crippen molar-refractivity contribution in [1.29, 1.82) is 0 Å². The van der Waals surface area contributed by atoms with Gasteiger partial charge in [-0.2, -0.15) is 0 Å². The van der Waals surface area contributed by atoms with E-state index in [0.29, 0.717) is 6.42 Å². The molecule has 1 aromatic carbocycles. The lowest BCUT2D eigenvalue weighted by atomic mass is 9.78. The highest BCUT2D eigenvalue weighted by molar-refractivity contribution is 5.59. The Morgan fingerprint density at radius 1 is 1.55 bits per heavy atom. The monoisotopic (exact) mass is 281 g/mol. The Bertz CT molecular complexity index is 502. The molecule has 1 aliphatic rings. The van der Waals surface area contributed by atoms with Crippen LogP contribution in [-0.4, -0.2) is 22.7 Å². The average Bonchev–Trinajstić information content (AvgIpc) is 2.38. The van der Waals surface area contributed by atoms with Gasteiger partial charge in [-0.05, 0) is 18.1 Å². The molecule has 0 spiro atoms. The molecule has 20 heavy (non-hydrogen) atoms. The lowest BCUT2D eigenvalue weighted by Crippen LogP contribution is -2.44. The molecule has 4 N–H and O–H groups in total. The summed E-state index contributed by atoms with van der Waals surface area (Å²) in [5.74, 6) is 0. The van der Waals surface area contributed by atoms with E-state index in [1.165, 1.54) is 12.1 Å². The molecular weight excluding hydrogens is 258 g/mol. The highest BCUT2D eigenvalue weighted by atomic mass is 16.6. The second-order valence-corrected chi connectivity index (χ2v) is 5.71. The zero-order valence-corrected chi connectivity index (χ0v) is 11.1. The highest BCUT2D eigenvalue weighted by Gasteiger charge is 2.35. The summed E-state index contributed by atoms with van der Waals surface area (Å²) in [6.07, 6.45) is 0.641. The van der Waals surface area contributed by atoms with Gasteiger partial charge < -0.3 is 16.2 Å². The first-order valence-electron chi connectivity index (χ1n) is 6.26. The van der Waals surface area contributed by atoms with Gasteiger partial charge in [-0.15, -0.1) is 0 Å². The van der Waals surface area contributed by atoms with E-state index in [9.17, 15) is 15.2 Å². The van der Waals surface area contributed by atoms with Gasteiger partial charge >= 0.3 is 0 Å². The molecule has 0 fully saturated rings. The maximum absolute atomic E-state index is 10.8. The van der Waals surface area contributed by atoms with E-state index < -0.39 is 4.92 Å². The number of nitrogens with zero attached hydrogens (tertiary/aromatic N) is 1. The van der Waals surface area contributed by atoms with Crippen molar-refractivity contribution in [2.45, 2.75) is 39.8 Å². The molecule has 0 bridgehead atoms. The molecule has 1 heterocycles. The highest BCUT2D eigenvalue weighted by Crippen LogP contribution is 2.38. The predicted molar refractivity (Wildman–Crippen MR) is 79.7 cm³/mol. The zero-order chi connectivity index (χ0) is 14.2. The first kappa shape index (κ1) is 16.4. The molecule has 2 unspecified atom stereocenters. The van der Waals surface area contributed by atoms with Gasteiger partial charge in [0.1, 0.15) is 0 Å². The topological polar surface area (TPSA) is 101 Å². The smallest absolute Gasteiger partial charge is 0.269 e. The summed E-state index contributed by atoms with van der Waals surface area (Å²) in [4.78, 5) is 10.4. The van der Waals surface area contributed by atoms with Crippen LogP contribution in [0.25, 0.3) is 0 Å². The number of fused-ring (bicyclic) bond motifs is 1. The summed E-state index contributed by atoms with van der Waals surface area (Å²) in [5, 5.41) is 23.5. The lowest BCUT2D eigenvalue weighted by Gasteiger charge is -2.40. The van der Waals surface area contributed by atoms with E-state index in [4.69, 9.17) is 5.73 Å². The summed E-state index contributed by atoms with van der Waals surface area (Å²) >= 11 is 0.